The van der Waals surface area contributed by atoms with E-state index in [1.807, 2.05) is 6.92 Å². The number of nitrogens with zero attached hydrogens (tertiary/aromatic N) is 4. The predicted octanol–water partition coefficient (Wildman–Crippen LogP) is 3.14. The maximum atomic E-state index is 13.3. The van der Waals surface area contributed by atoms with Gasteiger partial charge < -0.3 is 16.4 Å². The molecule has 2 atom stereocenters. The number of nitrogens with two attached hydrogens (primary N) is 1. The maximum absolute atomic E-state index is 13.3. The van der Waals surface area contributed by atoms with Crippen molar-refractivity contribution < 1.29 is 18.0 Å². The van der Waals surface area contributed by atoms with Crippen LogP contribution in [0.3, 0.4) is 0 Å². The van der Waals surface area contributed by atoms with Crippen molar-refractivity contribution in [1.29, 1.82) is 0 Å². The SMILES string of the molecule is Cc1nn([C@H]2C[C@@]2(C)C(N)=O)cc1Nc1ncc(C(F)(F)F)c(NC2(C)CC2)n1. The third-order valence-electron chi connectivity index (χ3n) is 5.75. The minimum Gasteiger partial charge on any atom is -0.369 e. The average molecular weight is 409 g/mol. The van der Waals surface area contributed by atoms with Gasteiger partial charge in [0.25, 0.3) is 0 Å². The fraction of sp³-hybridized carbons (Fsp3) is 0.556. The summed E-state index contributed by atoms with van der Waals surface area (Å²) in [5.41, 5.74) is 4.67. The molecule has 0 unspecified atom stereocenters. The van der Waals surface area contributed by atoms with Crippen molar-refractivity contribution in [3.8, 4) is 0 Å². The van der Waals surface area contributed by atoms with E-state index in [0.29, 0.717) is 17.8 Å². The topological polar surface area (TPSA) is 111 Å². The number of nitrogens with one attached hydrogen (secondary N) is 2. The highest BCUT2D eigenvalue weighted by Gasteiger charge is 2.57. The van der Waals surface area contributed by atoms with E-state index < -0.39 is 17.2 Å². The number of alkyl halides is 3. The Bertz CT molecular complexity index is 982. The summed E-state index contributed by atoms with van der Waals surface area (Å²) in [6, 6.07) is -0.144. The smallest absolute Gasteiger partial charge is 0.369 e. The van der Waals surface area contributed by atoms with Crippen LogP contribution >= 0.6 is 0 Å². The first-order valence-corrected chi connectivity index (χ1v) is 9.26. The van der Waals surface area contributed by atoms with Crippen LogP contribution in [0.5, 0.6) is 0 Å². The lowest BCUT2D eigenvalue weighted by molar-refractivity contribution is -0.137. The Morgan fingerprint density at radius 2 is 2.03 bits per heavy atom. The molecule has 2 fully saturated rings. The fourth-order valence-electron chi connectivity index (χ4n) is 3.22. The van der Waals surface area contributed by atoms with Gasteiger partial charge >= 0.3 is 6.18 Å². The van der Waals surface area contributed by atoms with Gasteiger partial charge in [-0.3, -0.25) is 9.48 Å². The van der Waals surface area contributed by atoms with E-state index in [1.54, 1.807) is 24.7 Å². The standard InChI is InChI=1S/C18H22F3N7O/c1-9-11(8-28(27-9)12-6-17(12,3)14(22)29)24-15-23-7-10(18(19,20)21)13(25-15)26-16(2)4-5-16/h7-8,12H,4-6H2,1-3H3,(H2,22,29)(H2,23,24,25,26)/t12-,17+/m0/s1. The molecule has 2 saturated carbocycles. The van der Waals surface area contributed by atoms with Crippen molar-refractivity contribution in [2.75, 3.05) is 10.6 Å². The van der Waals surface area contributed by atoms with Gasteiger partial charge in [-0.25, -0.2) is 4.98 Å². The zero-order valence-corrected chi connectivity index (χ0v) is 16.3. The normalized spacial score (nSPS) is 24.8. The second-order valence-corrected chi connectivity index (χ2v) is 8.37. The number of amides is 1. The Kier molecular flexibility index (Phi) is 4.08. The molecule has 4 rings (SSSR count). The Morgan fingerprint density at radius 3 is 2.59 bits per heavy atom. The number of primary amides is 1. The van der Waals surface area contributed by atoms with Crippen LogP contribution in [-0.4, -0.2) is 31.2 Å². The molecular weight excluding hydrogens is 387 g/mol. The Balaban J connectivity index is 1.58. The molecule has 2 aromatic rings. The molecule has 0 saturated heterocycles. The third kappa shape index (κ3) is 3.60. The van der Waals surface area contributed by atoms with Crippen LogP contribution in [0.25, 0.3) is 0 Å². The predicted molar refractivity (Wildman–Crippen MR) is 99.5 cm³/mol. The molecule has 0 radical (unpaired) electrons. The maximum Gasteiger partial charge on any atom is 0.421 e. The number of aryl methyl sites for hydroxylation is 1. The molecule has 0 aromatic carbocycles. The molecule has 2 aliphatic carbocycles. The molecule has 0 spiro atoms. The summed E-state index contributed by atoms with van der Waals surface area (Å²) in [6.07, 6.45) is 0.0507. The lowest BCUT2D eigenvalue weighted by atomic mass is 10.1. The number of halogens is 3. The highest BCUT2D eigenvalue weighted by Crippen LogP contribution is 2.55. The first-order valence-electron chi connectivity index (χ1n) is 9.26. The Hall–Kier alpha value is -2.85. The summed E-state index contributed by atoms with van der Waals surface area (Å²) >= 11 is 0. The van der Waals surface area contributed by atoms with Crippen LogP contribution in [0.2, 0.25) is 0 Å². The van der Waals surface area contributed by atoms with Crippen LogP contribution in [0.1, 0.15) is 50.4 Å². The van der Waals surface area contributed by atoms with Gasteiger partial charge in [-0.15, -0.1) is 0 Å². The van der Waals surface area contributed by atoms with Gasteiger partial charge in [0.1, 0.15) is 11.4 Å². The second kappa shape index (κ2) is 6.07. The first-order chi connectivity index (χ1) is 13.4. The molecule has 2 aliphatic rings. The lowest BCUT2D eigenvalue weighted by Gasteiger charge is -2.18. The van der Waals surface area contributed by atoms with E-state index in [9.17, 15) is 18.0 Å². The zero-order valence-electron chi connectivity index (χ0n) is 16.3. The van der Waals surface area contributed by atoms with Crippen LogP contribution in [0.15, 0.2) is 12.4 Å². The number of hydrogen-bond acceptors (Lipinski definition) is 6. The van der Waals surface area contributed by atoms with Crippen molar-refractivity contribution in [1.82, 2.24) is 19.7 Å². The van der Waals surface area contributed by atoms with Crippen molar-refractivity contribution in [2.24, 2.45) is 11.1 Å². The fourth-order valence-corrected chi connectivity index (χ4v) is 3.22. The molecule has 4 N–H and O–H groups in total. The van der Waals surface area contributed by atoms with Crippen molar-refractivity contribution in [3.05, 3.63) is 23.7 Å². The van der Waals surface area contributed by atoms with Crippen LogP contribution in [0, 0.1) is 12.3 Å². The minimum atomic E-state index is -4.56. The van der Waals surface area contributed by atoms with Crippen molar-refractivity contribution >= 4 is 23.4 Å². The van der Waals surface area contributed by atoms with Crippen LogP contribution in [-0.2, 0) is 11.0 Å². The summed E-state index contributed by atoms with van der Waals surface area (Å²) in [4.78, 5) is 19.5. The summed E-state index contributed by atoms with van der Waals surface area (Å²) in [5.74, 6) is -0.607. The van der Waals surface area contributed by atoms with Gasteiger partial charge in [-0.1, -0.05) is 0 Å². The molecule has 2 heterocycles. The molecule has 0 aliphatic heterocycles. The molecule has 2 aromatic heterocycles. The molecule has 1 amide bonds. The van der Waals surface area contributed by atoms with Gasteiger partial charge in [0, 0.05) is 17.9 Å². The molecule has 0 bridgehead atoms. The van der Waals surface area contributed by atoms with E-state index in [-0.39, 0.29) is 29.3 Å². The highest BCUT2D eigenvalue weighted by molar-refractivity contribution is 5.84. The lowest BCUT2D eigenvalue weighted by Crippen LogP contribution is -2.24. The minimum absolute atomic E-state index is 0.0286. The van der Waals surface area contributed by atoms with Crippen molar-refractivity contribution in [2.45, 2.75) is 57.8 Å². The number of hydrogen-bond donors (Lipinski definition) is 3. The van der Waals surface area contributed by atoms with Gasteiger partial charge in [-0.2, -0.15) is 23.3 Å². The molecular formula is C18H22F3N7O. The third-order valence-corrected chi connectivity index (χ3v) is 5.75. The summed E-state index contributed by atoms with van der Waals surface area (Å²) in [7, 11) is 0. The summed E-state index contributed by atoms with van der Waals surface area (Å²) in [5, 5.41) is 10.2. The van der Waals surface area contributed by atoms with Crippen molar-refractivity contribution in [3.63, 3.8) is 0 Å². The van der Waals surface area contributed by atoms with Gasteiger partial charge in [-0.05, 0) is 40.0 Å². The molecule has 29 heavy (non-hydrogen) atoms. The van der Waals surface area contributed by atoms with E-state index in [2.05, 4.69) is 25.7 Å². The molecule has 156 valence electrons. The van der Waals surface area contributed by atoms with Gasteiger partial charge in [0.2, 0.25) is 11.9 Å². The number of aromatic nitrogens is 4. The van der Waals surface area contributed by atoms with E-state index in [4.69, 9.17) is 5.73 Å². The monoisotopic (exact) mass is 409 g/mol. The van der Waals surface area contributed by atoms with Gasteiger partial charge in [0.05, 0.1) is 22.8 Å². The van der Waals surface area contributed by atoms with E-state index in [0.717, 1.165) is 19.0 Å². The van der Waals surface area contributed by atoms with Crippen LogP contribution in [0.4, 0.5) is 30.6 Å². The van der Waals surface area contributed by atoms with E-state index in [1.165, 1.54) is 0 Å². The summed E-state index contributed by atoms with van der Waals surface area (Å²) in [6.45, 7) is 5.37. The quantitative estimate of drug-likeness (QED) is 0.676. The highest BCUT2D eigenvalue weighted by atomic mass is 19.4. The Labute approximate surface area is 165 Å². The number of rotatable bonds is 6. The number of anilines is 3. The second-order valence-electron chi connectivity index (χ2n) is 8.37. The molecule has 8 nitrogen and oxygen atoms in total. The number of carbonyl (C=O) groups excluding carboxylic acids is 1. The van der Waals surface area contributed by atoms with Crippen LogP contribution < -0.4 is 16.4 Å². The van der Waals surface area contributed by atoms with Gasteiger partial charge in [0.15, 0.2) is 0 Å². The summed E-state index contributed by atoms with van der Waals surface area (Å²) < 4.78 is 41.6. The van der Waals surface area contributed by atoms with E-state index >= 15 is 0 Å². The largest absolute Gasteiger partial charge is 0.421 e. The molecule has 11 heteroatoms. The Morgan fingerprint density at radius 1 is 1.34 bits per heavy atom. The average Bonchev–Trinajstić information content (AvgIpc) is 3.47. The number of carbonyl (C=O) groups is 1. The first kappa shape index (κ1) is 19.5. The zero-order chi connectivity index (χ0) is 21.2.